The molecule has 6 nitrogen and oxygen atoms in total. The fourth-order valence-corrected chi connectivity index (χ4v) is 4.39. The number of aromatic hydroxyl groups is 1. The van der Waals surface area contributed by atoms with Crippen molar-refractivity contribution in [1.82, 2.24) is 15.6 Å². The van der Waals surface area contributed by atoms with Gasteiger partial charge in [-0.25, -0.2) is 4.39 Å². The van der Waals surface area contributed by atoms with E-state index in [-0.39, 0.29) is 23.4 Å². The van der Waals surface area contributed by atoms with Crippen LogP contribution in [0.2, 0.25) is 0 Å². The highest BCUT2D eigenvalue weighted by Gasteiger charge is 2.13. The number of para-hydroxylation sites is 1. The van der Waals surface area contributed by atoms with E-state index in [1.54, 1.807) is 25.3 Å². The molecule has 0 saturated heterocycles. The average Bonchev–Trinajstić information content (AvgIpc) is 3.06. The van der Waals surface area contributed by atoms with Crippen molar-refractivity contribution in [1.29, 1.82) is 0 Å². The fraction of sp³-hybridized carbons (Fsp3) is 0.525. The Morgan fingerprint density at radius 3 is 2.23 bits per heavy atom. The lowest BCUT2D eigenvalue weighted by atomic mass is 10.0. The molecule has 2 aromatic carbocycles. The number of fused-ring (bicyclic) bond motifs is 1. The Balaban J connectivity index is 0.000000661. The lowest BCUT2D eigenvalue weighted by Gasteiger charge is -2.17. The van der Waals surface area contributed by atoms with E-state index in [1.807, 2.05) is 45.9 Å². The van der Waals surface area contributed by atoms with E-state index in [2.05, 4.69) is 49.9 Å². The van der Waals surface area contributed by atoms with Crippen molar-refractivity contribution in [3.8, 4) is 5.75 Å². The van der Waals surface area contributed by atoms with Crippen LogP contribution >= 0.6 is 0 Å². The molecule has 0 bridgehead atoms. The summed E-state index contributed by atoms with van der Waals surface area (Å²) in [5, 5.41) is 17.5. The molecule has 0 fully saturated rings. The third kappa shape index (κ3) is 17.7. The zero-order valence-corrected chi connectivity index (χ0v) is 30.8. The average molecular weight is 652 g/mol. The largest absolute Gasteiger partial charge is 0.507 e. The van der Waals surface area contributed by atoms with Crippen LogP contribution in [0.15, 0.2) is 60.9 Å². The van der Waals surface area contributed by atoms with Gasteiger partial charge in [0.2, 0.25) is 5.91 Å². The smallest absolute Gasteiger partial charge is 0.220 e. The van der Waals surface area contributed by atoms with Gasteiger partial charge in [-0.05, 0) is 88.1 Å². The number of Topliss-reactive ketones (excluding diaryl/α,β-unsaturated/α-hetero) is 1. The van der Waals surface area contributed by atoms with Crippen LogP contribution in [-0.2, 0) is 16.1 Å². The highest BCUT2D eigenvalue weighted by atomic mass is 19.1. The second-order valence-corrected chi connectivity index (χ2v) is 12.0. The van der Waals surface area contributed by atoms with Crippen molar-refractivity contribution in [3.63, 3.8) is 0 Å². The summed E-state index contributed by atoms with van der Waals surface area (Å²) in [4.78, 5) is 27.1. The molecule has 0 saturated carbocycles. The molecule has 1 heterocycles. The number of nitrogens with one attached hydrogen (secondary N) is 2. The molecule has 2 unspecified atom stereocenters. The molecule has 0 aliphatic rings. The molecule has 262 valence electrons. The quantitative estimate of drug-likeness (QED) is 0.161. The van der Waals surface area contributed by atoms with E-state index in [9.17, 15) is 19.1 Å². The Hall–Kier alpha value is -3.74. The van der Waals surface area contributed by atoms with E-state index < -0.39 is 0 Å². The molecule has 0 radical (unpaired) electrons. The second-order valence-electron chi connectivity index (χ2n) is 12.0. The minimum absolute atomic E-state index is 0.0586. The third-order valence-corrected chi connectivity index (χ3v) is 7.99. The number of benzene rings is 2. The number of unbranched alkanes of at least 4 members (excludes halogenated alkanes) is 1. The summed E-state index contributed by atoms with van der Waals surface area (Å²) >= 11 is 0. The summed E-state index contributed by atoms with van der Waals surface area (Å²) in [5.74, 6) is 0.817. The van der Waals surface area contributed by atoms with E-state index in [4.69, 9.17) is 0 Å². The molecule has 3 aromatic rings. The van der Waals surface area contributed by atoms with Gasteiger partial charge in [-0.3, -0.25) is 14.6 Å². The number of halogens is 1. The van der Waals surface area contributed by atoms with Gasteiger partial charge < -0.3 is 15.7 Å². The predicted octanol–water partition coefficient (Wildman–Crippen LogP) is 10.3. The Kier molecular flexibility index (Phi) is 22.5. The summed E-state index contributed by atoms with van der Waals surface area (Å²) in [6.07, 6.45) is 9.15. The number of aromatic nitrogens is 1. The lowest BCUT2D eigenvalue weighted by molar-refractivity contribution is -0.122. The van der Waals surface area contributed by atoms with Crippen molar-refractivity contribution < 1.29 is 19.1 Å². The Morgan fingerprint density at radius 1 is 0.979 bits per heavy atom. The highest BCUT2D eigenvalue weighted by molar-refractivity contribution is 5.86. The van der Waals surface area contributed by atoms with Crippen LogP contribution in [-0.4, -0.2) is 27.8 Å². The molecule has 47 heavy (non-hydrogen) atoms. The number of ketones is 1. The summed E-state index contributed by atoms with van der Waals surface area (Å²) in [6.45, 7) is 24.2. The Bertz CT molecular complexity index is 1360. The molecule has 3 atom stereocenters. The van der Waals surface area contributed by atoms with Crippen molar-refractivity contribution in [2.24, 2.45) is 5.92 Å². The summed E-state index contributed by atoms with van der Waals surface area (Å²) in [6, 6.07) is 12.4. The molecule has 7 heteroatoms. The van der Waals surface area contributed by atoms with Gasteiger partial charge in [0, 0.05) is 41.9 Å². The SMILES string of the molecule is C=C(C)NCc1cccc(C)c1O.CC.CC(=O)C(C)c1cc2cc(F)ccc2cn1.CCCCC(CC)NC(=O)CC[C@H](C)CC. The minimum atomic E-state index is -0.278. The first kappa shape index (κ1) is 43.3. The molecule has 0 aliphatic heterocycles. The maximum absolute atomic E-state index is 13.0. The number of nitrogens with zero attached hydrogens (tertiary/aromatic N) is 1. The number of rotatable bonds is 14. The van der Waals surface area contributed by atoms with Gasteiger partial charge in [0.15, 0.2) is 0 Å². The summed E-state index contributed by atoms with van der Waals surface area (Å²) in [7, 11) is 0. The van der Waals surface area contributed by atoms with Gasteiger partial charge >= 0.3 is 0 Å². The summed E-state index contributed by atoms with van der Waals surface area (Å²) in [5.41, 5.74) is 3.40. The number of hydrogen-bond acceptors (Lipinski definition) is 5. The molecule has 0 spiro atoms. The Labute approximate surface area is 284 Å². The number of carbonyl (C=O) groups excluding carboxylic acids is 2. The number of carbonyl (C=O) groups is 2. The Morgan fingerprint density at radius 2 is 1.66 bits per heavy atom. The van der Waals surface area contributed by atoms with E-state index in [0.29, 0.717) is 36.4 Å². The number of allylic oxidation sites excluding steroid dienone is 1. The molecule has 1 aromatic heterocycles. The van der Waals surface area contributed by atoms with E-state index >= 15 is 0 Å². The van der Waals surface area contributed by atoms with Crippen LogP contribution in [0, 0.1) is 18.7 Å². The number of hydrogen-bond donors (Lipinski definition) is 3. The van der Waals surface area contributed by atoms with Gasteiger partial charge in [0.25, 0.3) is 0 Å². The molecular formula is C40H62FN3O3. The number of phenols is 1. The van der Waals surface area contributed by atoms with Crippen molar-refractivity contribution in [2.75, 3.05) is 0 Å². The normalized spacial score (nSPS) is 12.1. The van der Waals surface area contributed by atoms with Crippen LogP contribution in [0.25, 0.3) is 10.8 Å². The number of amides is 1. The van der Waals surface area contributed by atoms with Crippen LogP contribution in [0.1, 0.15) is 130 Å². The first-order valence-electron chi connectivity index (χ1n) is 17.3. The number of phenolic OH excluding ortho intramolecular Hbond substituents is 1. The van der Waals surface area contributed by atoms with Gasteiger partial charge in [-0.15, -0.1) is 0 Å². The van der Waals surface area contributed by atoms with Crippen LogP contribution in [0.4, 0.5) is 4.39 Å². The minimum Gasteiger partial charge on any atom is -0.507 e. The predicted molar refractivity (Wildman–Crippen MR) is 197 cm³/mol. The second kappa shape index (κ2) is 24.4. The van der Waals surface area contributed by atoms with Crippen molar-refractivity contribution in [2.45, 2.75) is 133 Å². The van der Waals surface area contributed by atoms with Crippen LogP contribution in [0.3, 0.4) is 0 Å². The first-order valence-corrected chi connectivity index (χ1v) is 17.3. The highest BCUT2D eigenvalue weighted by Crippen LogP contribution is 2.22. The van der Waals surface area contributed by atoms with Gasteiger partial charge in [-0.1, -0.05) is 85.6 Å². The number of pyridine rings is 1. The molecule has 3 rings (SSSR count). The fourth-order valence-electron chi connectivity index (χ4n) is 4.39. The lowest BCUT2D eigenvalue weighted by Crippen LogP contribution is -2.34. The molecule has 0 aliphatic carbocycles. The third-order valence-electron chi connectivity index (χ3n) is 7.99. The van der Waals surface area contributed by atoms with E-state index in [0.717, 1.165) is 46.9 Å². The summed E-state index contributed by atoms with van der Waals surface area (Å²) < 4.78 is 13.0. The van der Waals surface area contributed by atoms with Crippen molar-refractivity contribution >= 4 is 22.5 Å². The van der Waals surface area contributed by atoms with Crippen LogP contribution in [0.5, 0.6) is 5.75 Å². The van der Waals surface area contributed by atoms with E-state index in [1.165, 1.54) is 38.3 Å². The topological polar surface area (TPSA) is 91.3 Å². The zero-order chi connectivity index (χ0) is 35.9. The van der Waals surface area contributed by atoms with Gasteiger partial charge in [-0.2, -0.15) is 0 Å². The molecule has 3 N–H and O–H groups in total. The standard InChI is InChI=1S/C14H29NO.C13H12FNO.C11H15NO.C2H6/c1-5-8-9-13(7-3)15-14(16)11-10-12(4)6-2;1-8(9(2)16)13-6-11-5-12(14)4-3-10(11)7-15-13;1-8(2)12-7-10-6-4-5-9(3)11(10)13;1-2/h12-13H,5-11H2,1-4H3,(H,15,16);3-8H,1-2H3;4-6,12-13H,1,7H2,2-3H3;1-2H3/t12-,13?;;;/m1.../s1. The monoisotopic (exact) mass is 651 g/mol. The van der Waals surface area contributed by atoms with Gasteiger partial charge in [0.05, 0.1) is 11.6 Å². The maximum atomic E-state index is 13.0. The van der Waals surface area contributed by atoms with Crippen molar-refractivity contribution in [3.05, 3.63) is 83.6 Å². The number of aryl methyl sites for hydroxylation is 1. The molecular weight excluding hydrogens is 589 g/mol. The zero-order valence-electron chi connectivity index (χ0n) is 30.8. The van der Waals surface area contributed by atoms with Gasteiger partial charge in [0.1, 0.15) is 17.3 Å². The maximum Gasteiger partial charge on any atom is 0.220 e. The van der Waals surface area contributed by atoms with Crippen LogP contribution < -0.4 is 10.6 Å². The first-order chi connectivity index (χ1) is 22.3. The molecule has 1 amide bonds.